The van der Waals surface area contributed by atoms with Crippen LogP contribution in [-0.2, 0) is 0 Å². The third-order valence-electron chi connectivity index (χ3n) is 3.05. The maximum Gasteiger partial charge on any atom is 0.162 e. The summed E-state index contributed by atoms with van der Waals surface area (Å²) in [7, 11) is 0. The smallest absolute Gasteiger partial charge is 0.162 e. The van der Waals surface area contributed by atoms with Crippen LogP contribution in [0.1, 0.15) is 16.8 Å². The molecule has 0 unspecified atom stereocenters. The number of aldehydes is 1. The summed E-state index contributed by atoms with van der Waals surface area (Å²) in [5, 5.41) is 0.609. The lowest BCUT2D eigenvalue weighted by Crippen LogP contribution is -1.97. The van der Waals surface area contributed by atoms with Gasteiger partial charge in [-0.2, -0.15) is 0 Å². The molecule has 2 aromatic carbocycles. The van der Waals surface area contributed by atoms with Gasteiger partial charge < -0.3 is 9.47 Å². The molecule has 1 heterocycles. The second-order valence-corrected chi connectivity index (χ2v) is 6.11. The Labute approximate surface area is 132 Å². The van der Waals surface area contributed by atoms with E-state index in [2.05, 4.69) is 0 Å². The molecule has 0 amide bonds. The average Bonchev–Trinajstić information content (AvgIpc) is 2.72. The fourth-order valence-electron chi connectivity index (χ4n) is 2.03. The molecule has 0 bridgehead atoms. The first-order valence-corrected chi connectivity index (χ1v) is 7.78. The lowest BCUT2D eigenvalue weighted by atomic mass is 10.2. The van der Waals surface area contributed by atoms with Crippen LogP contribution in [0.3, 0.4) is 0 Å². The van der Waals surface area contributed by atoms with Gasteiger partial charge in [0.1, 0.15) is 0 Å². The summed E-state index contributed by atoms with van der Waals surface area (Å²) in [6.45, 7) is 1.32. The number of carbonyl (C=O) groups is 1. The Balaban J connectivity index is 1.90. The zero-order valence-corrected chi connectivity index (χ0v) is 12.7. The van der Waals surface area contributed by atoms with Crippen molar-refractivity contribution in [3.63, 3.8) is 0 Å². The summed E-state index contributed by atoms with van der Waals surface area (Å²) in [6.07, 6.45) is 1.71. The lowest BCUT2D eigenvalue weighted by molar-refractivity contribution is 0.112. The zero-order chi connectivity index (χ0) is 14.7. The highest BCUT2D eigenvalue weighted by Gasteiger charge is 2.12. The molecule has 1 aliphatic heterocycles. The highest BCUT2D eigenvalue weighted by molar-refractivity contribution is 7.99. The first-order chi connectivity index (χ1) is 10.3. The first-order valence-electron chi connectivity index (χ1n) is 6.58. The molecule has 5 heteroatoms. The predicted molar refractivity (Wildman–Crippen MR) is 83.0 cm³/mol. The Hall–Kier alpha value is -1.65. The molecule has 1 aliphatic rings. The maximum absolute atomic E-state index is 11.1. The Kier molecular flexibility index (Phi) is 4.36. The van der Waals surface area contributed by atoms with Crippen molar-refractivity contribution in [2.24, 2.45) is 0 Å². The van der Waals surface area contributed by atoms with E-state index in [1.807, 2.05) is 18.2 Å². The lowest BCUT2D eigenvalue weighted by Gasteiger charge is -2.10. The van der Waals surface area contributed by atoms with Gasteiger partial charge in [-0.15, -0.1) is 0 Å². The maximum atomic E-state index is 11.1. The van der Waals surface area contributed by atoms with Gasteiger partial charge in [0.25, 0.3) is 0 Å². The van der Waals surface area contributed by atoms with E-state index in [-0.39, 0.29) is 0 Å². The number of hydrogen-bond acceptors (Lipinski definition) is 4. The molecule has 3 rings (SSSR count). The number of benzene rings is 2. The molecule has 0 N–H and O–H groups in total. The molecule has 2 aromatic rings. The van der Waals surface area contributed by atoms with E-state index in [1.54, 1.807) is 18.2 Å². The largest absolute Gasteiger partial charge is 0.490 e. The average molecular weight is 321 g/mol. The molecule has 21 heavy (non-hydrogen) atoms. The highest BCUT2D eigenvalue weighted by atomic mass is 35.5. The molecular formula is C16H13ClO3S. The van der Waals surface area contributed by atoms with Gasteiger partial charge in [-0.1, -0.05) is 23.4 Å². The van der Waals surface area contributed by atoms with Crippen LogP contribution in [0.15, 0.2) is 46.2 Å². The fraction of sp³-hybridized carbons (Fsp3) is 0.188. The Bertz CT molecular complexity index is 673. The van der Waals surface area contributed by atoms with Crippen molar-refractivity contribution < 1.29 is 14.3 Å². The molecule has 108 valence electrons. The molecular weight excluding hydrogens is 308 g/mol. The quantitative estimate of drug-likeness (QED) is 0.782. The summed E-state index contributed by atoms with van der Waals surface area (Å²) >= 11 is 7.48. The van der Waals surface area contributed by atoms with E-state index < -0.39 is 0 Å². The Morgan fingerprint density at radius 1 is 1.05 bits per heavy atom. The molecule has 0 saturated carbocycles. The van der Waals surface area contributed by atoms with Crippen LogP contribution in [0.2, 0.25) is 5.02 Å². The van der Waals surface area contributed by atoms with E-state index in [1.165, 1.54) is 11.8 Å². The van der Waals surface area contributed by atoms with Crippen LogP contribution in [0.4, 0.5) is 0 Å². The predicted octanol–water partition coefficient (Wildman–Crippen LogP) is 4.47. The SMILES string of the molecule is O=Cc1ccc(Cl)cc1Sc1ccc2c(c1)OCCCO2. The van der Waals surface area contributed by atoms with Crippen molar-refractivity contribution in [3.8, 4) is 11.5 Å². The van der Waals surface area contributed by atoms with Crippen molar-refractivity contribution in [1.29, 1.82) is 0 Å². The summed E-state index contributed by atoms with van der Waals surface area (Å²) in [4.78, 5) is 12.9. The molecule has 0 fully saturated rings. The van der Waals surface area contributed by atoms with Crippen LogP contribution in [0.25, 0.3) is 0 Å². The number of halogens is 1. The molecule has 0 radical (unpaired) electrons. The van der Waals surface area contributed by atoms with E-state index >= 15 is 0 Å². The van der Waals surface area contributed by atoms with E-state index in [4.69, 9.17) is 21.1 Å². The van der Waals surface area contributed by atoms with Crippen LogP contribution in [0, 0.1) is 0 Å². The fourth-order valence-corrected chi connectivity index (χ4v) is 3.24. The minimum absolute atomic E-state index is 0.609. The van der Waals surface area contributed by atoms with Gasteiger partial charge in [-0.3, -0.25) is 4.79 Å². The van der Waals surface area contributed by atoms with Crippen molar-refractivity contribution in [1.82, 2.24) is 0 Å². The molecule has 3 nitrogen and oxygen atoms in total. The first kappa shape index (κ1) is 14.3. The topological polar surface area (TPSA) is 35.5 Å². The number of fused-ring (bicyclic) bond motifs is 1. The number of ether oxygens (including phenoxy) is 2. The van der Waals surface area contributed by atoms with Gasteiger partial charge in [-0.05, 0) is 36.4 Å². The third kappa shape index (κ3) is 3.34. The monoisotopic (exact) mass is 320 g/mol. The van der Waals surface area contributed by atoms with Crippen LogP contribution in [0.5, 0.6) is 11.5 Å². The normalized spacial score (nSPS) is 13.6. The van der Waals surface area contributed by atoms with Gasteiger partial charge in [-0.25, -0.2) is 0 Å². The standard InChI is InChI=1S/C16H13ClO3S/c17-12-3-2-11(10-18)16(8-12)21-13-4-5-14-15(9-13)20-7-1-6-19-14/h2-5,8-10H,1,6-7H2. The Morgan fingerprint density at radius 2 is 1.86 bits per heavy atom. The summed E-state index contributed by atoms with van der Waals surface area (Å²) < 4.78 is 11.3. The minimum atomic E-state index is 0.609. The van der Waals surface area contributed by atoms with Gasteiger partial charge in [0.05, 0.1) is 13.2 Å². The molecule has 0 saturated heterocycles. The highest BCUT2D eigenvalue weighted by Crippen LogP contribution is 2.38. The van der Waals surface area contributed by atoms with Crippen molar-refractivity contribution >= 4 is 29.6 Å². The van der Waals surface area contributed by atoms with Crippen LogP contribution in [-0.4, -0.2) is 19.5 Å². The molecule has 0 atom stereocenters. The van der Waals surface area contributed by atoms with Crippen molar-refractivity contribution in [2.75, 3.05) is 13.2 Å². The Morgan fingerprint density at radius 3 is 2.67 bits per heavy atom. The van der Waals surface area contributed by atoms with Gasteiger partial charge in [0.15, 0.2) is 17.8 Å². The van der Waals surface area contributed by atoms with Gasteiger partial charge >= 0.3 is 0 Å². The minimum Gasteiger partial charge on any atom is -0.490 e. The van der Waals surface area contributed by atoms with Crippen molar-refractivity contribution in [3.05, 3.63) is 47.0 Å². The summed E-state index contributed by atoms with van der Waals surface area (Å²) in [5.74, 6) is 1.51. The summed E-state index contributed by atoms with van der Waals surface area (Å²) in [5.41, 5.74) is 0.622. The molecule has 0 aromatic heterocycles. The second-order valence-electron chi connectivity index (χ2n) is 4.56. The van der Waals surface area contributed by atoms with E-state index in [0.717, 1.165) is 34.0 Å². The number of rotatable bonds is 3. The number of hydrogen-bond donors (Lipinski definition) is 0. The van der Waals surface area contributed by atoms with Crippen molar-refractivity contribution in [2.45, 2.75) is 16.2 Å². The summed E-state index contributed by atoms with van der Waals surface area (Å²) in [6, 6.07) is 11.0. The zero-order valence-electron chi connectivity index (χ0n) is 11.2. The van der Waals surface area contributed by atoms with Gasteiger partial charge in [0, 0.05) is 26.8 Å². The van der Waals surface area contributed by atoms with Crippen LogP contribution < -0.4 is 9.47 Å². The van der Waals surface area contributed by atoms with E-state index in [0.29, 0.717) is 23.8 Å². The molecule has 0 aliphatic carbocycles. The number of carbonyl (C=O) groups excluding carboxylic acids is 1. The van der Waals surface area contributed by atoms with Gasteiger partial charge in [0.2, 0.25) is 0 Å². The van der Waals surface area contributed by atoms with E-state index in [9.17, 15) is 4.79 Å². The third-order valence-corrected chi connectivity index (χ3v) is 4.35. The van der Waals surface area contributed by atoms with Crippen LogP contribution >= 0.6 is 23.4 Å². The molecule has 0 spiro atoms. The second kappa shape index (κ2) is 6.41.